The monoisotopic (exact) mass is 399 g/mol. The van der Waals surface area contributed by atoms with Crippen LogP contribution < -0.4 is 5.32 Å². The topological polar surface area (TPSA) is 89.8 Å². The summed E-state index contributed by atoms with van der Waals surface area (Å²) in [4.78, 5) is 25.0. The Morgan fingerprint density at radius 3 is 2.56 bits per heavy atom. The molecule has 0 aliphatic heterocycles. The molecule has 2 aromatic carbocycles. The molecule has 8 heteroatoms. The van der Waals surface area contributed by atoms with Crippen molar-refractivity contribution in [3.05, 3.63) is 58.6 Å². The first-order chi connectivity index (χ1) is 12.0. The van der Waals surface area contributed by atoms with E-state index >= 15 is 0 Å². The van der Waals surface area contributed by atoms with Crippen LogP contribution in [0.2, 0.25) is 0 Å². The first-order valence-electron chi connectivity index (χ1n) is 7.46. The van der Waals surface area contributed by atoms with Crippen molar-refractivity contribution in [2.45, 2.75) is 13.5 Å². The smallest absolute Gasteiger partial charge is 0.248 e. The number of hydrogen-bond acceptors (Lipinski definition) is 5. The zero-order valence-electron chi connectivity index (χ0n) is 13.3. The zero-order valence-corrected chi connectivity index (χ0v) is 14.9. The number of anilines is 1. The maximum Gasteiger partial charge on any atom is 0.248 e. The van der Waals surface area contributed by atoms with E-state index in [1.54, 1.807) is 24.3 Å². The Hall–Kier alpha value is -2.87. The molecule has 126 valence electrons. The van der Waals surface area contributed by atoms with Crippen molar-refractivity contribution in [2.75, 3.05) is 5.32 Å². The summed E-state index contributed by atoms with van der Waals surface area (Å²) >= 11 is 3.36. The van der Waals surface area contributed by atoms with Gasteiger partial charge in [0, 0.05) is 15.6 Å². The van der Waals surface area contributed by atoms with E-state index in [1.807, 2.05) is 24.3 Å². The van der Waals surface area contributed by atoms with Crippen LogP contribution >= 0.6 is 15.9 Å². The SMILES string of the molecule is CC(=O)c1ccccc1NC(=O)Cn1nnc(-c2ccc(Br)cc2)n1. The van der Waals surface area contributed by atoms with E-state index in [0.29, 0.717) is 17.1 Å². The van der Waals surface area contributed by atoms with Gasteiger partial charge in [0.25, 0.3) is 0 Å². The number of tetrazole rings is 1. The Labute approximate surface area is 152 Å². The fourth-order valence-electron chi connectivity index (χ4n) is 2.24. The summed E-state index contributed by atoms with van der Waals surface area (Å²) in [7, 11) is 0. The third-order valence-corrected chi connectivity index (χ3v) is 3.95. The molecule has 7 nitrogen and oxygen atoms in total. The molecule has 0 saturated carbocycles. The average molecular weight is 400 g/mol. The van der Waals surface area contributed by atoms with E-state index in [9.17, 15) is 9.59 Å². The number of nitrogens with one attached hydrogen (secondary N) is 1. The number of amides is 1. The molecule has 0 aliphatic rings. The Balaban J connectivity index is 1.70. The number of ketones is 1. The van der Waals surface area contributed by atoms with Gasteiger partial charge in [-0.1, -0.05) is 28.1 Å². The number of aromatic nitrogens is 4. The molecule has 0 aliphatic carbocycles. The van der Waals surface area contributed by atoms with E-state index < -0.39 is 0 Å². The highest BCUT2D eigenvalue weighted by molar-refractivity contribution is 9.10. The summed E-state index contributed by atoms with van der Waals surface area (Å²) < 4.78 is 0.951. The van der Waals surface area contributed by atoms with Gasteiger partial charge in [0.1, 0.15) is 6.54 Å². The van der Waals surface area contributed by atoms with Crippen LogP contribution in [-0.4, -0.2) is 31.9 Å². The van der Waals surface area contributed by atoms with Gasteiger partial charge in [-0.3, -0.25) is 9.59 Å². The molecular formula is C17H14BrN5O2. The second kappa shape index (κ2) is 7.35. The third-order valence-electron chi connectivity index (χ3n) is 3.42. The minimum Gasteiger partial charge on any atom is -0.324 e. The molecule has 3 aromatic rings. The van der Waals surface area contributed by atoms with Crippen molar-refractivity contribution in [3.63, 3.8) is 0 Å². The Morgan fingerprint density at radius 1 is 1.12 bits per heavy atom. The van der Waals surface area contributed by atoms with E-state index in [2.05, 4.69) is 36.7 Å². The molecule has 1 amide bonds. The van der Waals surface area contributed by atoms with Crippen molar-refractivity contribution in [1.29, 1.82) is 0 Å². The lowest BCUT2D eigenvalue weighted by molar-refractivity contribution is -0.117. The van der Waals surface area contributed by atoms with Crippen molar-refractivity contribution in [3.8, 4) is 11.4 Å². The number of carbonyl (C=O) groups excluding carboxylic acids is 2. The lowest BCUT2D eigenvalue weighted by Crippen LogP contribution is -2.21. The number of hydrogen-bond donors (Lipinski definition) is 1. The number of Topliss-reactive ketones (excluding diaryl/α,β-unsaturated/α-hetero) is 1. The van der Waals surface area contributed by atoms with Crippen LogP contribution in [0, 0.1) is 0 Å². The van der Waals surface area contributed by atoms with E-state index in [4.69, 9.17) is 0 Å². The van der Waals surface area contributed by atoms with Gasteiger partial charge in [-0.25, -0.2) is 0 Å². The van der Waals surface area contributed by atoms with Gasteiger partial charge in [-0.05, 0) is 48.5 Å². The second-order valence-electron chi connectivity index (χ2n) is 5.30. The maximum atomic E-state index is 12.2. The van der Waals surface area contributed by atoms with Crippen LogP contribution in [0.25, 0.3) is 11.4 Å². The normalized spacial score (nSPS) is 10.5. The average Bonchev–Trinajstić information content (AvgIpc) is 3.04. The van der Waals surface area contributed by atoms with Gasteiger partial charge < -0.3 is 5.32 Å². The highest BCUT2D eigenvalue weighted by atomic mass is 79.9. The molecule has 3 rings (SSSR count). The number of benzene rings is 2. The summed E-state index contributed by atoms with van der Waals surface area (Å²) in [5.74, 6) is -0.0230. The molecule has 0 saturated heterocycles. The summed E-state index contributed by atoms with van der Waals surface area (Å²) in [6, 6.07) is 14.3. The van der Waals surface area contributed by atoms with Crippen LogP contribution in [0.5, 0.6) is 0 Å². The molecule has 0 spiro atoms. The Kier molecular flexibility index (Phi) is 4.99. The lowest BCUT2D eigenvalue weighted by Gasteiger charge is -2.08. The number of carbonyl (C=O) groups is 2. The molecule has 0 unspecified atom stereocenters. The number of para-hydroxylation sites is 1. The predicted octanol–water partition coefficient (Wildman–Crippen LogP) is 2.94. The minimum atomic E-state index is -0.339. The van der Waals surface area contributed by atoms with Crippen molar-refractivity contribution in [2.24, 2.45) is 0 Å². The first kappa shape index (κ1) is 17.0. The highest BCUT2D eigenvalue weighted by Crippen LogP contribution is 2.18. The van der Waals surface area contributed by atoms with E-state index in [0.717, 1.165) is 10.0 Å². The molecule has 0 fully saturated rings. The zero-order chi connectivity index (χ0) is 17.8. The third kappa shape index (κ3) is 4.16. The van der Waals surface area contributed by atoms with Crippen LogP contribution in [-0.2, 0) is 11.3 Å². The first-order valence-corrected chi connectivity index (χ1v) is 8.26. The number of rotatable bonds is 5. The number of halogens is 1. The van der Waals surface area contributed by atoms with Crippen molar-refractivity contribution in [1.82, 2.24) is 20.2 Å². The van der Waals surface area contributed by atoms with Crippen LogP contribution in [0.4, 0.5) is 5.69 Å². The predicted molar refractivity (Wildman–Crippen MR) is 96.0 cm³/mol. The fourth-order valence-corrected chi connectivity index (χ4v) is 2.51. The molecule has 1 aromatic heterocycles. The van der Waals surface area contributed by atoms with Gasteiger partial charge >= 0.3 is 0 Å². The molecule has 0 atom stereocenters. The van der Waals surface area contributed by atoms with Crippen LogP contribution in [0.1, 0.15) is 17.3 Å². The van der Waals surface area contributed by atoms with E-state index in [1.165, 1.54) is 11.7 Å². The molecular weight excluding hydrogens is 386 g/mol. The fraction of sp³-hybridized carbons (Fsp3) is 0.118. The molecule has 1 N–H and O–H groups in total. The van der Waals surface area contributed by atoms with Gasteiger partial charge in [-0.2, -0.15) is 4.80 Å². The summed E-state index contributed by atoms with van der Waals surface area (Å²) in [6.45, 7) is 1.35. The lowest BCUT2D eigenvalue weighted by atomic mass is 10.1. The van der Waals surface area contributed by atoms with Crippen LogP contribution in [0.3, 0.4) is 0 Å². The maximum absolute atomic E-state index is 12.2. The summed E-state index contributed by atoms with van der Waals surface area (Å²) in [5.41, 5.74) is 1.72. The standard InChI is InChI=1S/C17H14BrN5O2/c1-11(24)14-4-2-3-5-15(14)19-16(25)10-23-21-17(20-22-23)12-6-8-13(18)9-7-12/h2-9H,10H2,1H3,(H,19,25). The molecule has 1 heterocycles. The second-order valence-corrected chi connectivity index (χ2v) is 6.22. The summed E-state index contributed by atoms with van der Waals surface area (Å²) in [6.07, 6.45) is 0. The van der Waals surface area contributed by atoms with Crippen molar-refractivity contribution >= 4 is 33.3 Å². The van der Waals surface area contributed by atoms with Gasteiger partial charge in [0.15, 0.2) is 5.78 Å². The largest absolute Gasteiger partial charge is 0.324 e. The van der Waals surface area contributed by atoms with E-state index in [-0.39, 0.29) is 18.2 Å². The Morgan fingerprint density at radius 2 is 1.84 bits per heavy atom. The number of nitrogens with zero attached hydrogens (tertiary/aromatic N) is 4. The highest BCUT2D eigenvalue weighted by Gasteiger charge is 2.12. The molecule has 25 heavy (non-hydrogen) atoms. The van der Waals surface area contributed by atoms with Crippen LogP contribution in [0.15, 0.2) is 53.0 Å². The van der Waals surface area contributed by atoms with Crippen molar-refractivity contribution < 1.29 is 9.59 Å². The molecule has 0 bridgehead atoms. The van der Waals surface area contributed by atoms with Gasteiger partial charge in [-0.15, -0.1) is 10.2 Å². The summed E-state index contributed by atoms with van der Waals surface area (Å²) in [5, 5.41) is 14.7. The van der Waals surface area contributed by atoms with Gasteiger partial charge in [0.2, 0.25) is 11.7 Å². The quantitative estimate of drug-likeness (QED) is 0.666. The minimum absolute atomic E-state index is 0.101. The molecule has 0 radical (unpaired) electrons. The Bertz CT molecular complexity index is 921. The van der Waals surface area contributed by atoms with Gasteiger partial charge in [0.05, 0.1) is 5.69 Å².